The van der Waals surface area contributed by atoms with E-state index in [4.69, 9.17) is 4.74 Å². The summed E-state index contributed by atoms with van der Waals surface area (Å²) in [4.78, 5) is 13.8. The van der Waals surface area contributed by atoms with E-state index in [1.807, 2.05) is 79.7 Å². The van der Waals surface area contributed by atoms with Gasteiger partial charge >= 0.3 is 0 Å². The van der Waals surface area contributed by atoms with E-state index in [1.54, 1.807) is 10.9 Å². The first-order valence-corrected chi connectivity index (χ1v) is 9.36. The summed E-state index contributed by atoms with van der Waals surface area (Å²) in [7, 11) is 0. The van der Waals surface area contributed by atoms with Crippen LogP contribution in [0.1, 0.15) is 12.5 Å². The van der Waals surface area contributed by atoms with E-state index in [0.717, 1.165) is 22.5 Å². The van der Waals surface area contributed by atoms with Gasteiger partial charge < -0.3 is 10.1 Å². The van der Waals surface area contributed by atoms with Crippen LogP contribution in [0.4, 0.5) is 5.69 Å². The van der Waals surface area contributed by atoms with Crippen molar-refractivity contribution >= 4 is 28.7 Å². The third-order valence-corrected chi connectivity index (χ3v) is 4.25. The maximum Gasteiger partial charge on any atom is 0.248 e. The number of anilines is 1. The van der Waals surface area contributed by atoms with Crippen LogP contribution in [0.25, 0.3) is 22.8 Å². The molecule has 3 aromatic carbocycles. The summed E-state index contributed by atoms with van der Waals surface area (Å²) in [5, 5.41) is 11.9. The van der Waals surface area contributed by atoms with Crippen molar-refractivity contribution < 1.29 is 9.53 Å². The molecule has 0 aliphatic carbocycles. The molecule has 0 unspecified atom stereocenters. The summed E-state index contributed by atoms with van der Waals surface area (Å²) in [6.07, 6.45) is 3.28. The van der Waals surface area contributed by atoms with Crippen molar-refractivity contribution in [3.8, 4) is 11.4 Å². The van der Waals surface area contributed by atoms with Gasteiger partial charge in [0.15, 0.2) is 0 Å². The van der Waals surface area contributed by atoms with E-state index in [0.29, 0.717) is 17.8 Å². The first-order chi connectivity index (χ1) is 14.2. The second-order valence-corrected chi connectivity index (χ2v) is 6.35. The topological polar surface area (TPSA) is 69.0 Å². The monoisotopic (exact) mass is 384 g/mol. The molecule has 29 heavy (non-hydrogen) atoms. The Kier molecular flexibility index (Phi) is 5.33. The molecule has 0 saturated carbocycles. The van der Waals surface area contributed by atoms with Crippen molar-refractivity contribution in [2.75, 3.05) is 11.9 Å². The molecule has 1 aromatic heterocycles. The lowest BCUT2D eigenvalue weighted by Gasteiger charge is -2.03. The Bertz CT molecular complexity index is 1150. The van der Waals surface area contributed by atoms with E-state index >= 15 is 0 Å². The van der Waals surface area contributed by atoms with Gasteiger partial charge in [0.25, 0.3) is 0 Å². The lowest BCUT2D eigenvalue weighted by molar-refractivity contribution is -0.111. The van der Waals surface area contributed by atoms with E-state index in [-0.39, 0.29) is 5.91 Å². The van der Waals surface area contributed by atoms with Crippen LogP contribution < -0.4 is 10.1 Å². The molecular formula is C23H20N4O2. The lowest BCUT2D eigenvalue weighted by atomic mass is 10.2. The smallest absolute Gasteiger partial charge is 0.248 e. The fraction of sp³-hybridized carbons (Fsp3) is 0.0870. The van der Waals surface area contributed by atoms with Gasteiger partial charge in [-0.05, 0) is 61.0 Å². The molecule has 6 heteroatoms. The number of rotatable bonds is 6. The van der Waals surface area contributed by atoms with Gasteiger partial charge in [-0.3, -0.25) is 4.79 Å². The number of amides is 1. The number of ether oxygens (including phenoxy) is 1. The first kappa shape index (κ1) is 18.4. The van der Waals surface area contributed by atoms with E-state index < -0.39 is 0 Å². The highest BCUT2D eigenvalue weighted by molar-refractivity contribution is 6.02. The molecule has 1 heterocycles. The average molecular weight is 384 g/mol. The second kappa shape index (κ2) is 8.39. The Balaban J connectivity index is 1.49. The number of carbonyl (C=O) groups is 1. The number of nitrogens with zero attached hydrogens (tertiary/aromatic N) is 3. The number of hydrogen-bond donors (Lipinski definition) is 1. The summed E-state index contributed by atoms with van der Waals surface area (Å²) < 4.78 is 5.46. The zero-order valence-electron chi connectivity index (χ0n) is 15.9. The molecule has 6 nitrogen and oxygen atoms in total. The zero-order chi connectivity index (χ0) is 20.1. The normalized spacial score (nSPS) is 11.1. The number of hydrogen-bond acceptors (Lipinski definition) is 4. The molecule has 1 amide bonds. The molecule has 0 atom stereocenters. The molecule has 4 aromatic rings. The Morgan fingerprint density at radius 1 is 1.00 bits per heavy atom. The number of aromatic nitrogens is 3. The van der Waals surface area contributed by atoms with Gasteiger partial charge in [-0.2, -0.15) is 4.80 Å². The van der Waals surface area contributed by atoms with Crippen molar-refractivity contribution in [3.05, 3.63) is 84.4 Å². The molecule has 4 rings (SSSR count). The maximum absolute atomic E-state index is 12.2. The summed E-state index contributed by atoms with van der Waals surface area (Å²) >= 11 is 0. The first-order valence-electron chi connectivity index (χ1n) is 9.36. The minimum absolute atomic E-state index is 0.202. The average Bonchev–Trinajstić information content (AvgIpc) is 3.17. The van der Waals surface area contributed by atoms with Crippen LogP contribution >= 0.6 is 0 Å². The van der Waals surface area contributed by atoms with Crippen molar-refractivity contribution in [3.63, 3.8) is 0 Å². The minimum Gasteiger partial charge on any atom is -0.494 e. The van der Waals surface area contributed by atoms with Gasteiger partial charge in [-0.15, -0.1) is 10.2 Å². The van der Waals surface area contributed by atoms with Crippen molar-refractivity contribution in [1.82, 2.24) is 15.0 Å². The quantitative estimate of drug-likeness (QED) is 0.498. The SMILES string of the molecule is CCOc1ccc(-n2nc3ccc(NC(=O)C=Cc4ccccc4)cc3n2)cc1. The fourth-order valence-corrected chi connectivity index (χ4v) is 2.87. The second-order valence-electron chi connectivity index (χ2n) is 6.35. The number of fused-ring (bicyclic) bond motifs is 1. The summed E-state index contributed by atoms with van der Waals surface area (Å²) in [6.45, 7) is 2.57. The fourth-order valence-electron chi connectivity index (χ4n) is 2.87. The van der Waals surface area contributed by atoms with E-state index in [9.17, 15) is 4.79 Å². The minimum atomic E-state index is -0.202. The third-order valence-electron chi connectivity index (χ3n) is 4.25. The van der Waals surface area contributed by atoms with Gasteiger partial charge in [0.05, 0.1) is 12.3 Å². The third kappa shape index (κ3) is 4.50. The van der Waals surface area contributed by atoms with Crippen molar-refractivity contribution in [2.24, 2.45) is 0 Å². The molecule has 1 N–H and O–H groups in total. The van der Waals surface area contributed by atoms with Gasteiger partial charge in [-0.25, -0.2) is 0 Å². The Hall–Kier alpha value is -3.93. The van der Waals surface area contributed by atoms with Gasteiger partial charge in [0.1, 0.15) is 16.8 Å². The van der Waals surface area contributed by atoms with Gasteiger partial charge in [-0.1, -0.05) is 30.3 Å². The van der Waals surface area contributed by atoms with E-state index in [1.165, 1.54) is 6.08 Å². The van der Waals surface area contributed by atoms with Crippen LogP contribution in [0.5, 0.6) is 5.75 Å². The Morgan fingerprint density at radius 2 is 1.76 bits per heavy atom. The standard InChI is InChI=1S/C23H20N4O2/c1-2-29-20-12-10-19(11-13-20)27-25-21-14-9-18(16-22(21)26-27)24-23(28)15-8-17-6-4-3-5-7-17/h3-16H,2H2,1H3,(H,24,28). The number of nitrogens with one attached hydrogen (secondary N) is 1. The predicted octanol–water partition coefficient (Wildman–Crippen LogP) is 4.47. The molecule has 0 saturated heterocycles. The highest BCUT2D eigenvalue weighted by Crippen LogP contribution is 2.19. The van der Waals surface area contributed by atoms with Crippen LogP contribution in [0.3, 0.4) is 0 Å². The van der Waals surface area contributed by atoms with Crippen LogP contribution in [-0.2, 0) is 4.79 Å². The van der Waals surface area contributed by atoms with Crippen LogP contribution in [0, 0.1) is 0 Å². The molecule has 0 bridgehead atoms. The van der Waals surface area contributed by atoms with E-state index in [2.05, 4.69) is 15.5 Å². The molecular weight excluding hydrogens is 364 g/mol. The van der Waals surface area contributed by atoms with Crippen LogP contribution in [-0.4, -0.2) is 27.5 Å². The molecule has 0 fully saturated rings. The summed E-state index contributed by atoms with van der Waals surface area (Å²) in [6, 6.07) is 22.7. The maximum atomic E-state index is 12.2. The van der Waals surface area contributed by atoms with Gasteiger partial charge in [0.2, 0.25) is 5.91 Å². The van der Waals surface area contributed by atoms with Crippen LogP contribution in [0.2, 0.25) is 0 Å². The molecule has 0 aliphatic rings. The number of carbonyl (C=O) groups excluding carboxylic acids is 1. The molecule has 0 aliphatic heterocycles. The van der Waals surface area contributed by atoms with Gasteiger partial charge in [0, 0.05) is 11.8 Å². The molecule has 0 radical (unpaired) electrons. The largest absolute Gasteiger partial charge is 0.494 e. The summed E-state index contributed by atoms with van der Waals surface area (Å²) in [5.41, 5.74) is 3.91. The van der Waals surface area contributed by atoms with Crippen LogP contribution in [0.15, 0.2) is 78.9 Å². The predicted molar refractivity (Wildman–Crippen MR) is 114 cm³/mol. The lowest BCUT2D eigenvalue weighted by Crippen LogP contribution is -2.07. The Morgan fingerprint density at radius 3 is 2.52 bits per heavy atom. The summed E-state index contributed by atoms with van der Waals surface area (Å²) in [5.74, 6) is 0.605. The van der Waals surface area contributed by atoms with Crippen molar-refractivity contribution in [1.29, 1.82) is 0 Å². The zero-order valence-corrected chi connectivity index (χ0v) is 15.9. The highest BCUT2D eigenvalue weighted by atomic mass is 16.5. The van der Waals surface area contributed by atoms with Crippen molar-refractivity contribution in [2.45, 2.75) is 6.92 Å². The Labute approximate surface area is 168 Å². The highest BCUT2D eigenvalue weighted by Gasteiger charge is 2.07. The number of benzene rings is 3. The molecule has 144 valence electrons. The molecule has 0 spiro atoms.